The standard InChI is InChI=1S/C18H22N2O4S/c1-5-20(9-11(2)3)16(21)10-24-18(23)13-6-7-15-14(8-13)19-17(22)12(4)25-15/h6-8,12H,2,5,9-10H2,1,3-4H3,(H,19,22). The van der Waals surface area contributed by atoms with E-state index in [4.69, 9.17) is 4.74 Å². The Labute approximate surface area is 151 Å². The topological polar surface area (TPSA) is 75.7 Å². The molecule has 0 fully saturated rings. The number of thioether (sulfide) groups is 1. The van der Waals surface area contributed by atoms with Crippen molar-refractivity contribution in [3.63, 3.8) is 0 Å². The Bertz CT molecular complexity index is 717. The normalized spacial score (nSPS) is 15.8. The van der Waals surface area contributed by atoms with E-state index in [2.05, 4.69) is 11.9 Å². The van der Waals surface area contributed by atoms with Gasteiger partial charge in [-0.1, -0.05) is 12.2 Å². The SMILES string of the molecule is C=C(C)CN(CC)C(=O)COC(=O)c1ccc2c(c1)NC(=O)C(C)S2. The smallest absolute Gasteiger partial charge is 0.338 e. The van der Waals surface area contributed by atoms with Crippen LogP contribution in [0.3, 0.4) is 0 Å². The van der Waals surface area contributed by atoms with Crippen molar-refractivity contribution < 1.29 is 19.1 Å². The van der Waals surface area contributed by atoms with Crippen LogP contribution in [0.5, 0.6) is 0 Å². The van der Waals surface area contributed by atoms with Crippen molar-refractivity contribution in [1.29, 1.82) is 0 Å². The van der Waals surface area contributed by atoms with Gasteiger partial charge in [-0.05, 0) is 39.0 Å². The van der Waals surface area contributed by atoms with Crippen LogP contribution < -0.4 is 5.32 Å². The molecular weight excluding hydrogens is 340 g/mol. The maximum Gasteiger partial charge on any atom is 0.338 e. The minimum atomic E-state index is -0.597. The lowest BCUT2D eigenvalue weighted by Crippen LogP contribution is -2.35. The zero-order chi connectivity index (χ0) is 18.6. The van der Waals surface area contributed by atoms with Gasteiger partial charge in [-0.25, -0.2) is 4.79 Å². The number of esters is 1. The molecule has 0 spiro atoms. The second kappa shape index (κ2) is 8.20. The fourth-order valence-electron chi connectivity index (χ4n) is 2.34. The first-order chi connectivity index (χ1) is 11.8. The number of rotatable bonds is 6. The number of ether oxygens (including phenoxy) is 1. The molecule has 6 nitrogen and oxygen atoms in total. The van der Waals surface area contributed by atoms with E-state index in [1.54, 1.807) is 23.1 Å². The summed E-state index contributed by atoms with van der Waals surface area (Å²) in [6.07, 6.45) is 0. The van der Waals surface area contributed by atoms with E-state index in [1.165, 1.54) is 11.8 Å². The number of nitrogens with zero attached hydrogens (tertiary/aromatic N) is 1. The molecule has 1 aliphatic heterocycles. The molecule has 0 saturated carbocycles. The van der Waals surface area contributed by atoms with Gasteiger partial charge in [-0.3, -0.25) is 9.59 Å². The molecule has 0 saturated heterocycles. The number of hydrogen-bond donors (Lipinski definition) is 1. The van der Waals surface area contributed by atoms with E-state index in [1.807, 2.05) is 20.8 Å². The Morgan fingerprint density at radius 2 is 2.12 bits per heavy atom. The minimum Gasteiger partial charge on any atom is -0.452 e. The van der Waals surface area contributed by atoms with Gasteiger partial charge in [0.1, 0.15) is 0 Å². The summed E-state index contributed by atoms with van der Waals surface area (Å²) < 4.78 is 5.11. The van der Waals surface area contributed by atoms with Crippen molar-refractivity contribution in [3.05, 3.63) is 35.9 Å². The highest BCUT2D eigenvalue weighted by Crippen LogP contribution is 2.35. The first-order valence-corrected chi connectivity index (χ1v) is 8.90. The van der Waals surface area contributed by atoms with Crippen molar-refractivity contribution in [2.45, 2.75) is 30.9 Å². The molecule has 0 bridgehead atoms. The fraction of sp³-hybridized carbons (Fsp3) is 0.389. The largest absolute Gasteiger partial charge is 0.452 e. The number of hydrogen-bond acceptors (Lipinski definition) is 5. The average molecular weight is 362 g/mol. The summed E-state index contributed by atoms with van der Waals surface area (Å²) in [5.74, 6) is -0.966. The van der Waals surface area contributed by atoms with Crippen LogP contribution in [0.4, 0.5) is 5.69 Å². The molecule has 1 unspecified atom stereocenters. The van der Waals surface area contributed by atoms with Crippen LogP contribution in [-0.2, 0) is 14.3 Å². The first-order valence-electron chi connectivity index (χ1n) is 8.02. The quantitative estimate of drug-likeness (QED) is 0.622. The summed E-state index contributed by atoms with van der Waals surface area (Å²) in [6, 6.07) is 4.98. The zero-order valence-electron chi connectivity index (χ0n) is 14.6. The van der Waals surface area contributed by atoms with Crippen LogP contribution in [0, 0.1) is 0 Å². The average Bonchev–Trinajstić information content (AvgIpc) is 2.57. The molecule has 1 aliphatic rings. The Balaban J connectivity index is 2.00. The van der Waals surface area contributed by atoms with E-state index in [0.29, 0.717) is 24.3 Å². The van der Waals surface area contributed by atoms with Gasteiger partial charge in [-0.2, -0.15) is 0 Å². The van der Waals surface area contributed by atoms with Crippen molar-refractivity contribution in [2.24, 2.45) is 0 Å². The van der Waals surface area contributed by atoms with Gasteiger partial charge in [0.15, 0.2) is 6.61 Å². The van der Waals surface area contributed by atoms with Crippen LogP contribution in [0.25, 0.3) is 0 Å². The third kappa shape index (κ3) is 4.85. The third-order valence-corrected chi connectivity index (χ3v) is 4.85. The number of likely N-dealkylation sites (N-methyl/N-ethyl adjacent to an activating group) is 1. The number of amides is 2. The number of carbonyl (C=O) groups is 3. The maximum atomic E-state index is 12.2. The van der Waals surface area contributed by atoms with Gasteiger partial charge in [0.2, 0.25) is 5.91 Å². The summed E-state index contributed by atoms with van der Waals surface area (Å²) in [7, 11) is 0. The molecule has 134 valence electrons. The fourth-order valence-corrected chi connectivity index (χ4v) is 3.27. The van der Waals surface area contributed by atoms with Gasteiger partial charge in [0.05, 0.1) is 16.5 Å². The molecule has 1 heterocycles. The highest BCUT2D eigenvalue weighted by atomic mass is 32.2. The van der Waals surface area contributed by atoms with Gasteiger partial charge >= 0.3 is 5.97 Å². The van der Waals surface area contributed by atoms with Crippen molar-refractivity contribution in [2.75, 3.05) is 25.0 Å². The second-order valence-corrected chi connectivity index (χ2v) is 7.28. The monoisotopic (exact) mass is 362 g/mol. The molecule has 0 radical (unpaired) electrons. The lowest BCUT2D eigenvalue weighted by atomic mass is 10.2. The number of nitrogens with one attached hydrogen (secondary N) is 1. The lowest BCUT2D eigenvalue weighted by molar-refractivity contribution is -0.133. The van der Waals surface area contributed by atoms with Gasteiger partial charge in [-0.15, -0.1) is 11.8 Å². The van der Waals surface area contributed by atoms with Crippen LogP contribution in [0.2, 0.25) is 0 Å². The first kappa shape index (κ1) is 19.1. The molecular formula is C18H22N2O4S. The Hall–Kier alpha value is -2.28. The molecule has 1 N–H and O–H groups in total. The molecule has 1 aromatic carbocycles. The molecule has 25 heavy (non-hydrogen) atoms. The van der Waals surface area contributed by atoms with Gasteiger partial charge in [0.25, 0.3) is 5.91 Å². The van der Waals surface area contributed by atoms with Crippen LogP contribution in [0.1, 0.15) is 31.1 Å². The molecule has 1 aromatic rings. The molecule has 1 atom stereocenters. The summed E-state index contributed by atoms with van der Waals surface area (Å²) >= 11 is 1.44. The molecule has 0 aliphatic carbocycles. The maximum absolute atomic E-state index is 12.2. The van der Waals surface area contributed by atoms with Crippen LogP contribution in [-0.4, -0.2) is 47.6 Å². The highest BCUT2D eigenvalue weighted by molar-refractivity contribution is 8.00. The Kier molecular flexibility index (Phi) is 6.25. The lowest BCUT2D eigenvalue weighted by Gasteiger charge is -2.22. The number of fused-ring (bicyclic) bond motifs is 1. The molecule has 2 amide bonds. The van der Waals surface area contributed by atoms with Crippen molar-refractivity contribution >= 4 is 35.2 Å². The third-order valence-electron chi connectivity index (χ3n) is 3.67. The predicted molar refractivity (Wildman–Crippen MR) is 97.7 cm³/mol. The van der Waals surface area contributed by atoms with Gasteiger partial charge < -0.3 is 15.0 Å². The van der Waals surface area contributed by atoms with Gasteiger partial charge in [0, 0.05) is 18.0 Å². The number of carbonyl (C=O) groups excluding carboxylic acids is 3. The summed E-state index contributed by atoms with van der Waals surface area (Å²) in [4.78, 5) is 38.5. The summed E-state index contributed by atoms with van der Waals surface area (Å²) in [5, 5.41) is 2.60. The Morgan fingerprint density at radius 1 is 1.40 bits per heavy atom. The van der Waals surface area contributed by atoms with E-state index in [-0.39, 0.29) is 23.7 Å². The van der Waals surface area contributed by atoms with Crippen LogP contribution in [0.15, 0.2) is 35.2 Å². The predicted octanol–water partition coefficient (Wildman–Crippen LogP) is 2.70. The van der Waals surface area contributed by atoms with Crippen molar-refractivity contribution in [3.8, 4) is 0 Å². The number of anilines is 1. The van der Waals surface area contributed by atoms with E-state index >= 15 is 0 Å². The summed E-state index contributed by atoms with van der Waals surface area (Å²) in [6.45, 7) is 9.92. The van der Waals surface area contributed by atoms with E-state index in [0.717, 1.165) is 10.5 Å². The second-order valence-electron chi connectivity index (χ2n) is 5.90. The van der Waals surface area contributed by atoms with E-state index < -0.39 is 5.97 Å². The van der Waals surface area contributed by atoms with E-state index in [9.17, 15) is 14.4 Å². The molecule has 0 aromatic heterocycles. The summed E-state index contributed by atoms with van der Waals surface area (Å²) in [5.41, 5.74) is 1.75. The molecule has 7 heteroatoms. The molecule has 2 rings (SSSR count). The Morgan fingerprint density at radius 3 is 2.76 bits per heavy atom. The van der Waals surface area contributed by atoms with Crippen LogP contribution >= 0.6 is 11.8 Å². The highest BCUT2D eigenvalue weighted by Gasteiger charge is 2.24. The minimum absolute atomic E-state index is 0.100. The number of benzene rings is 1. The zero-order valence-corrected chi connectivity index (χ0v) is 15.4. The van der Waals surface area contributed by atoms with Crippen molar-refractivity contribution in [1.82, 2.24) is 4.90 Å².